The zero-order valence-corrected chi connectivity index (χ0v) is 9.27. The van der Waals surface area contributed by atoms with E-state index >= 15 is 0 Å². The molecule has 4 nitrogen and oxygen atoms in total. The number of rotatable bonds is 3. The molecule has 0 spiro atoms. The number of pyridine rings is 1. The third-order valence-electron chi connectivity index (χ3n) is 2.28. The molecule has 0 radical (unpaired) electrons. The summed E-state index contributed by atoms with van der Waals surface area (Å²) >= 11 is 0. The number of aromatic nitrogens is 1. The first-order chi connectivity index (χ1) is 8.20. The van der Waals surface area contributed by atoms with Crippen LogP contribution in [-0.2, 0) is 0 Å². The molecule has 0 aliphatic heterocycles. The summed E-state index contributed by atoms with van der Waals surface area (Å²) in [5, 5.41) is 2.87. The third-order valence-corrected chi connectivity index (χ3v) is 2.28. The fourth-order valence-corrected chi connectivity index (χ4v) is 1.40. The Morgan fingerprint density at radius 2 is 2.12 bits per heavy atom. The Kier molecular flexibility index (Phi) is 3.09. The molecule has 2 aromatic rings. The lowest BCUT2D eigenvalue weighted by Crippen LogP contribution is -2.00. The standard InChI is InChI=1S/C12H12FN3O/c1-17-8-4-5-9(13)11(7-8)16-10-3-2-6-15-12(10)14/h2-7,16H,1H3,(H2,14,15). The Morgan fingerprint density at radius 1 is 1.29 bits per heavy atom. The van der Waals surface area contributed by atoms with Gasteiger partial charge in [0.05, 0.1) is 18.5 Å². The van der Waals surface area contributed by atoms with Crippen LogP contribution in [0.2, 0.25) is 0 Å². The van der Waals surface area contributed by atoms with Crippen molar-refractivity contribution >= 4 is 17.2 Å². The maximum absolute atomic E-state index is 13.5. The summed E-state index contributed by atoms with van der Waals surface area (Å²) in [5.74, 6) is 0.500. The van der Waals surface area contributed by atoms with E-state index in [0.29, 0.717) is 22.9 Å². The quantitative estimate of drug-likeness (QED) is 0.855. The smallest absolute Gasteiger partial charge is 0.147 e. The van der Waals surface area contributed by atoms with Crippen molar-refractivity contribution in [3.05, 3.63) is 42.3 Å². The minimum absolute atomic E-state index is 0.295. The molecular formula is C12H12FN3O. The molecule has 0 fully saturated rings. The summed E-state index contributed by atoms with van der Waals surface area (Å²) in [7, 11) is 1.52. The van der Waals surface area contributed by atoms with Gasteiger partial charge >= 0.3 is 0 Å². The van der Waals surface area contributed by atoms with Gasteiger partial charge in [0, 0.05) is 12.3 Å². The van der Waals surface area contributed by atoms with Crippen molar-refractivity contribution in [3.8, 4) is 5.75 Å². The molecule has 0 saturated carbocycles. The Balaban J connectivity index is 2.32. The summed E-state index contributed by atoms with van der Waals surface area (Å²) < 4.78 is 18.6. The molecule has 0 unspecified atom stereocenters. The maximum Gasteiger partial charge on any atom is 0.147 e. The summed E-state index contributed by atoms with van der Waals surface area (Å²) in [6.45, 7) is 0. The van der Waals surface area contributed by atoms with E-state index in [9.17, 15) is 4.39 Å². The first-order valence-electron chi connectivity index (χ1n) is 5.02. The van der Waals surface area contributed by atoms with Crippen LogP contribution in [0.3, 0.4) is 0 Å². The molecule has 5 heteroatoms. The number of ether oxygens (including phenoxy) is 1. The van der Waals surface area contributed by atoms with E-state index in [1.807, 2.05) is 0 Å². The molecular weight excluding hydrogens is 221 g/mol. The molecule has 0 aliphatic carbocycles. The summed E-state index contributed by atoms with van der Waals surface area (Å²) in [6, 6.07) is 7.88. The van der Waals surface area contributed by atoms with Crippen LogP contribution in [0, 0.1) is 5.82 Å². The predicted octanol–water partition coefficient (Wildman–Crippen LogP) is 2.56. The summed E-state index contributed by atoms with van der Waals surface area (Å²) in [6.07, 6.45) is 1.57. The van der Waals surface area contributed by atoms with Gasteiger partial charge in [-0.05, 0) is 24.3 Å². The first kappa shape index (κ1) is 11.2. The zero-order valence-electron chi connectivity index (χ0n) is 9.27. The van der Waals surface area contributed by atoms with E-state index in [1.54, 1.807) is 30.5 Å². The molecule has 0 aliphatic rings. The van der Waals surface area contributed by atoms with Crippen molar-refractivity contribution in [3.63, 3.8) is 0 Å². The SMILES string of the molecule is COc1ccc(F)c(Nc2cccnc2N)c1. The van der Waals surface area contributed by atoms with Gasteiger partial charge < -0.3 is 15.8 Å². The number of nitrogen functional groups attached to an aromatic ring is 1. The largest absolute Gasteiger partial charge is 0.497 e. The highest BCUT2D eigenvalue weighted by Gasteiger charge is 2.06. The van der Waals surface area contributed by atoms with E-state index in [-0.39, 0.29) is 5.82 Å². The molecule has 17 heavy (non-hydrogen) atoms. The topological polar surface area (TPSA) is 60.2 Å². The molecule has 0 amide bonds. The molecule has 1 aromatic carbocycles. The molecule has 0 bridgehead atoms. The molecule has 0 atom stereocenters. The van der Waals surface area contributed by atoms with E-state index in [0.717, 1.165) is 0 Å². The second-order valence-corrected chi connectivity index (χ2v) is 3.41. The van der Waals surface area contributed by atoms with Gasteiger partial charge in [0.25, 0.3) is 0 Å². The highest BCUT2D eigenvalue weighted by molar-refractivity contribution is 5.70. The van der Waals surface area contributed by atoms with Crippen molar-refractivity contribution in [2.24, 2.45) is 0 Å². The fraction of sp³-hybridized carbons (Fsp3) is 0.0833. The minimum atomic E-state index is -0.381. The number of benzene rings is 1. The van der Waals surface area contributed by atoms with Gasteiger partial charge in [-0.25, -0.2) is 9.37 Å². The summed E-state index contributed by atoms with van der Waals surface area (Å²) in [5.41, 5.74) is 6.51. The van der Waals surface area contributed by atoms with Crippen LogP contribution in [0.4, 0.5) is 21.6 Å². The normalized spacial score (nSPS) is 10.0. The fourth-order valence-electron chi connectivity index (χ4n) is 1.40. The van der Waals surface area contributed by atoms with Crippen LogP contribution in [0.25, 0.3) is 0 Å². The molecule has 88 valence electrons. The number of nitrogens with zero attached hydrogens (tertiary/aromatic N) is 1. The van der Waals surface area contributed by atoms with Crippen LogP contribution in [-0.4, -0.2) is 12.1 Å². The van der Waals surface area contributed by atoms with Gasteiger partial charge in [-0.3, -0.25) is 0 Å². The number of hydrogen-bond donors (Lipinski definition) is 2. The van der Waals surface area contributed by atoms with Gasteiger partial charge in [0.1, 0.15) is 17.4 Å². The van der Waals surface area contributed by atoms with Crippen LogP contribution in [0.15, 0.2) is 36.5 Å². The van der Waals surface area contributed by atoms with Crippen molar-refractivity contribution in [2.75, 3.05) is 18.2 Å². The van der Waals surface area contributed by atoms with Crippen molar-refractivity contribution in [2.45, 2.75) is 0 Å². The van der Waals surface area contributed by atoms with Crippen LogP contribution >= 0.6 is 0 Å². The Morgan fingerprint density at radius 3 is 2.82 bits per heavy atom. The molecule has 3 N–H and O–H groups in total. The number of halogens is 1. The Labute approximate surface area is 98.2 Å². The average molecular weight is 233 g/mol. The average Bonchev–Trinajstić information content (AvgIpc) is 2.35. The highest BCUT2D eigenvalue weighted by atomic mass is 19.1. The highest BCUT2D eigenvalue weighted by Crippen LogP contribution is 2.26. The Bertz CT molecular complexity index is 531. The van der Waals surface area contributed by atoms with Crippen LogP contribution < -0.4 is 15.8 Å². The number of nitrogens with two attached hydrogens (primary N) is 1. The zero-order chi connectivity index (χ0) is 12.3. The van der Waals surface area contributed by atoms with Gasteiger partial charge in [-0.15, -0.1) is 0 Å². The minimum Gasteiger partial charge on any atom is -0.497 e. The van der Waals surface area contributed by atoms with Gasteiger partial charge in [0.2, 0.25) is 0 Å². The van der Waals surface area contributed by atoms with Crippen LogP contribution in [0.5, 0.6) is 5.75 Å². The van der Waals surface area contributed by atoms with E-state index in [2.05, 4.69) is 10.3 Å². The van der Waals surface area contributed by atoms with Crippen molar-refractivity contribution < 1.29 is 9.13 Å². The predicted molar refractivity (Wildman–Crippen MR) is 64.9 cm³/mol. The Hall–Kier alpha value is -2.30. The number of anilines is 3. The van der Waals surface area contributed by atoms with Gasteiger partial charge in [0.15, 0.2) is 0 Å². The monoisotopic (exact) mass is 233 g/mol. The number of nitrogens with one attached hydrogen (secondary N) is 1. The first-order valence-corrected chi connectivity index (χ1v) is 5.02. The molecule has 1 heterocycles. The second kappa shape index (κ2) is 4.69. The van der Waals surface area contributed by atoms with Crippen molar-refractivity contribution in [1.82, 2.24) is 4.98 Å². The lowest BCUT2D eigenvalue weighted by Gasteiger charge is -2.10. The lowest BCUT2D eigenvalue weighted by atomic mass is 10.2. The molecule has 1 aromatic heterocycles. The lowest BCUT2D eigenvalue weighted by molar-refractivity contribution is 0.414. The van der Waals surface area contributed by atoms with Crippen LogP contribution in [0.1, 0.15) is 0 Å². The van der Waals surface area contributed by atoms with Gasteiger partial charge in [-0.2, -0.15) is 0 Å². The third kappa shape index (κ3) is 2.44. The van der Waals surface area contributed by atoms with E-state index < -0.39 is 0 Å². The second-order valence-electron chi connectivity index (χ2n) is 3.41. The van der Waals surface area contributed by atoms with Gasteiger partial charge in [-0.1, -0.05) is 0 Å². The number of methoxy groups -OCH3 is 1. The molecule has 0 saturated heterocycles. The summed E-state index contributed by atoms with van der Waals surface area (Å²) in [4.78, 5) is 3.91. The maximum atomic E-state index is 13.5. The van der Waals surface area contributed by atoms with E-state index in [4.69, 9.17) is 10.5 Å². The molecule has 2 rings (SSSR count). The van der Waals surface area contributed by atoms with Crippen molar-refractivity contribution in [1.29, 1.82) is 0 Å². The number of hydrogen-bond acceptors (Lipinski definition) is 4. The van der Waals surface area contributed by atoms with E-state index in [1.165, 1.54) is 13.2 Å².